The van der Waals surface area contributed by atoms with Gasteiger partial charge in [0.25, 0.3) is 0 Å². The minimum Gasteiger partial charge on any atom is -0.493 e. The van der Waals surface area contributed by atoms with Gasteiger partial charge in [0, 0.05) is 40.3 Å². The second kappa shape index (κ2) is 11.9. The number of hydrogen-bond acceptors (Lipinski definition) is 3. The molecule has 2 N–H and O–H groups in total. The molecule has 146 valence electrons. The van der Waals surface area contributed by atoms with E-state index in [0.717, 1.165) is 35.7 Å². The summed E-state index contributed by atoms with van der Waals surface area (Å²) in [6, 6.07) is 14.5. The van der Waals surface area contributed by atoms with E-state index in [4.69, 9.17) is 9.47 Å². The van der Waals surface area contributed by atoms with Gasteiger partial charge in [-0.25, -0.2) is 4.39 Å². The molecular formula is C21H28FN3O2. The molecule has 2 rings (SSSR count). The Bertz CT molecular complexity index is 705. The molecule has 0 radical (unpaired) electrons. The van der Waals surface area contributed by atoms with Crippen molar-refractivity contribution in [1.82, 2.24) is 10.6 Å². The highest BCUT2D eigenvalue weighted by atomic mass is 19.1. The fourth-order valence-electron chi connectivity index (χ4n) is 2.52. The van der Waals surface area contributed by atoms with Gasteiger partial charge in [0.15, 0.2) is 5.96 Å². The van der Waals surface area contributed by atoms with Crippen LogP contribution in [0.25, 0.3) is 0 Å². The maximum absolute atomic E-state index is 12.9. The molecule has 0 amide bonds. The van der Waals surface area contributed by atoms with E-state index in [-0.39, 0.29) is 5.82 Å². The summed E-state index contributed by atoms with van der Waals surface area (Å²) in [4.78, 5) is 4.23. The molecule has 5 nitrogen and oxygen atoms in total. The molecule has 0 aliphatic carbocycles. The molecule has 0 aliphatic rings. The summed E-state index contributed by atoms with van der Waals surface area (Å²) < 4.78 is 23.7. The topological polar surface area (TPSA) is 54.9 Å². The first-order valence-corrected chi connectivity index (χ1v) is 9.11. The van der Waals surface area contributed by atoms with Gasteiger partial charge in [0.05, 0.1) is 6.61 Å². The average Bonchev–Trinajstić information content (AvgIpc) is 2.69. The largest absolute Gasteiger partial charge is 0.493 e. The minimum atomic E-state index is -0.214. The number of rotatable bonds is 10. The van der Waals surface area contributed by atoms with E-state index in [9.17, 15) is 4.39 Å². The van der Waals surface area contributed by atoms with E-state index < -0.39 is 0 Å². The molecular weight excluding hydrogens is 345 g/mol. The third-order valence-corrected chi connectivity index (χ3v) is 3.96. The zero-order valence-electron chi connectivity index (χ0n) is 16.0. The molecule has 27 heavy (non-hydrogen) atoms. The van der Waals surface area contributed by atoms with E-state index in [2.05, 4.69) is 15.6 Å². The van der Waals surface area contributed by atoms with Crippen LogP contribution in [0.15, 0.2) is 53.5 Å². The lowest BCUT2D eigenvalue weighted by Crippen LogP contribution is -2.37. The highest BCUT2D eigenvalue weighted by Crippen LogP contribution is 2.13. The second-order valence-electron chi connectivity index (χ2n) is 6.07. The van der Waals surface area contributed by atoms with Gasteiger partial charge in [-0.05, 0) is 41.8 Å². The molecule has 0 atom stereocenters. The van der Waals surface area contributed by atoms with Crippen molar-refractivity contribution in [1.29, 1.82) is 0 Å². The monoisotopic (exact) mass is 373 g/mol. The van der Waals surface area contributed by atoms with Crippen LogP contribution in [0.4, 0.5) is 4.39 Å². The molecule has 0 aliphatic heterocycles. The first-order chi connectivity index (χ1) is 13.2. The van der Waals surface area contributed by atoms with Crippen molar-refractivity contribution in [2.75, 3.05) is 33.9 Å². The van der Waals surface area contributed by atoms with Crippen LogP contribution in [0.1, 0.15) is 17.5 Å². The molecule has 2 aromatic carbocycles. The van der Waals surface area contributed by atoms with Crippen LogP contribution >= 0.6 is 0 Å². The van der Waals surface area contributed by atoms with Gasteiger partial charge in [-0.15, -0.1) is 0 Å². The number of aliphatic imine (C=N–C) groups is 1. The third-order valence-electron chi connectivity index (χ3n) is 3.96. The van der Waals surface area contributed by atoms with Crippen LogP contribution in [-0.2, 0) is 17.7 Å². The lowest BCUT2D eigenvalue weighted by atomic mass is 10.1. The minimum absolute atomic E-state index is 0.214. The van der Waals surface area contributed by atoms with Crippen molar-refractivity contribution in [2.45, 2.75) is 19.4 Å². The van der Waals surface area contributed by atoms with Crippen molar-refractivity contribution in [2.24, 2.45) is 4.99 Å². The van der Waals surface area contributed by atoms with Gasteiger partial charge < -0.3 is 20.1 Å². The number of nitrogens with zero attached hydrogens (tertiary/aromatic N) is 1. The first kappa shape index (κ1) is 20.7. The predicted octanol–water partition coefficient (Wildman–Crippen LogP) is 3.15. The number of ether oxygens (including phenoxy) is 2. The Kier molecular flexibility index (Phi) is 9.13. The zero-order valence-corrected chi connectivity index (χ0v) is 16.0. The fraction of sp³-hybridized carbons (Fsp3) is 0.381. The number of methoxy groups -OCH3 is 1. The fourth-order valence-corrected chi connectivity index (χ4v) is 2.52. The van der Waals surface area contributed by atoms with E-state index in [1.807, 2.05) is 24.3 Å². The first-order valence-electron chi connectivity index (χ1n) is 9.11. The summed E-state index contributed by atoms with van der Waals surface area (Å²) in [7, 11) is 3.43. The maximum Gasteiger partial charge on any atom is 0.191 e. The normalized spacial score (nSPS) is 11.3. The summed E-state index contributed by atoms with van der Waals surface area (Å²) in [5.74, 6) is 1.36. The van der Waals surface area contributed by atoms with Crippen LogP contribution in [0.5, 0.6) is 5.75 Å². The van der Waals surface area contributed by atoms with Crippen LogP contribution in [0.3, 0.4) is 0 Å². The Labute approximate surface area is 160 Å². The van der Waals surface area contributed by atoms with Crippen molar-refractivity contribution >= 4 is 5.96 Å². The van der Waals surface area contributed by atoms with Crippen LogP contribution in [0.2, 0.25) is 0 Å². The molecule has 2 aromatic rings. The number of nitrogens with one attached hydrogen (secondary N) is 2. The maximum atomic E-state index is 12.9. The summed E-state index contributed by atoms with van der Waals surface area (Å²) in [5.41, 5.74) is 2.19. The number of hydrogen-bond donors (Lipinski definition) is 2. The standard InChI is InChI=1S/C21H28FN3O2/c1-23-21(24-12-11-17-7-9-19(22)10-8-17)25-16-18-5-3-6-20(15-18)27-14-4-13-26-2/h3,5-10,15H,4,11-14,16H2,1-2H3,(H2,23,24,25). The highest BCUT2D eigenvalue weighted by Gasteiger charge is 2.01. The number of guanidine groups is 1. The van der Waals surface area contributed by atoms with Crippen molar-refractivity contribution in [3.8, 4) is 5.75 Å². The molecule has 0 saturated carbocycles. The lowest BCUT2D eigenvalue weighted by Gasteiger charge is -2.13. The quantitative estimate of drug-likeness (QED) is 0.382. The summed E-state index contributed by atoms with van der Waals surface area (Å²) >= 11 is 0. The highest BCUT2D eigenvalue weighted by molar-refractivity contribution is 5.79. The average molecular weight is 373 g/mol. The summed E-state index contributed by atoms with van der Waals surface area (Å²) in [6.45, 7) is 2.69. The van der Waals surface area contributed by atoms with Crippen molar-refractivity contribution < 1.29 is 13.9 Å². The molecule has 0 bridgehead atoms. The third kappa shape index (κ3) is 8.09. The molecule has 6 heteroatoms. The van der Waals surface area contributed by atoms with Gasteiger partial charge >= 0.3 is 0 Å². The predicted molar refractivity (Wildman–Crippen MR) is 107 cm³/mol. The Balaban J connectivity index is 1.74. The van der Waals surface area contributed by atoms with Crippen LogP contribution in [0, 0.1) is 5.82 Å². The van der Waals surface area contributed by atoms with E-state index in [0.29, 0.717) is 26.3 Å². The molecule has 0 aromatic heterocycles. The van der Waals surface area contributed by atoms with Gasteiger partial charge in [-0.3, -0.25) is 4.99 Å². The van der Waals surface area contributed by atoms with E-state index in [1.165, 1.54) is 12.1 Å². The SMILES string of the molecule is CN=C(NCCc1ccc(F)cc1)NCc1cccc(OCCCOC)c1. The smallest absolute Gasteiger partial charge is 0.191 e. The van der Waals surface area contributed by atoms with Crippen LogP contribution < -0.4 is 15.4 Å². The van der Waals surface area contributed by atoms with Gasteiger partial charge in [0.1, 0.15) is 11.6 Å². The Morgan fingerprint density at radius 2 is 1.85 bits per heavy atom. The van der Waals surface area contributed by atoms with Gasteiger partial charge in [-0.1, -0.05) is 24.3 Å². The molecule has 0 heterocycles. The second-order valence-corrected chi connectivity index (χ2v) is 6.07. The molecule has 0 saturated heterocycles. The summed E-state index contributed by atoms with van der Waals surface area (Å²) in [6.07, 6.45) is 1.66. The van der Waals surface area contributed by atoms with Crippen LogP contribution in [-0.4, -0.2) is 39.9 Å². The Morgan fingerprint density at radius 3 is 2.59 bits per heavy atom. The van der Waals surface area contributed by atoms with Crippen molar-refractivity contribution in [3.63, 3.8) is 0 Å². The number of halogens is 1. The number of benzene rings is 2. The molecule has 0 fully saturated rings. The van der Waals surface area contributed by atoms with E-state index in [1.54, 1.807) is 26.3 Å². The summed E-state index contributed by atoms with van der Waals surface area (Å²) in [5, 5.41) is 6.55. The molecule has 0 spiro atoms. The van der Waals surface area contributed by atoms with Gasteiger partial charge in [-0.2, -0.15) is 0 Å². The van der Waals surface area contributed by atoms with Crippen molar-refractivity contribution in [3.05, 3.63) is 65.5 Å². The Hall–Kier alpha value is -2.60. The Morgan fingerprint density at radius 1 is 1.04 bits per heavy atom. The molecule has 0 unspecified atom stereocenters. The lowest BCUT2D eigenvalue weighted by molar-refractivity contribution is 0.172. The van der Waals surface area contributed by atoms with E-state index >= 15 is 0 Å². The van der Waals surface area contributed by atoms with Gasteiger partial charge in [0.2, 0.25) is 0 Å². The zero-order chi connectivity index (χ0) is 19.3.